The maximum Gasteiger partial charge on any atom is 0.239 e. The summed E-state index contributed by atoms with van der Waals surface area (Å²) in [5, 5.41) is 3.01. The summed E-state index contributed by atoms with van der Waals surface area (Å²) in [6, 6.07) is -0.277. The molecule has 1 unspecified atom stereocenters. The molecule has 2 rings (SSSR count). The van der Waals surface area contributed by atoms with Crippen LogP contribution in [0.2, 0.25) is 5.15 Å². The molecule has 1 fully saturated rings. The van der Waals surface area contributed by atoms with Crippen LogP contribution in [0, 0.1) is 0 Å². The number of carbonyl (C=O) groups excluding carboxylic acids is 1. The Morgan fingerprint density at radius 1 is 1.61 bits per heavy atom. The van der Waals surface area contributed by atoms with Crippen molar-refractivity contribution < 1.29 is 9.53 Å². The van der Waals surface area contributed by atoms with Crippen LogP contribution in [-0.2, 0) is 16.1 Å². The molecule has 1 atom stereocenters. The molecule has 7 heteroatoms. The third-order valence-corrected chi connectivity index (χ3v) is 3.02. The zero-order chi connectivity index (χ0) is 13.0. The van der Waals surface area contributed by atoms with E-state index in [1.807, 2.05) is 4.90 Å². The maximum atomic E-state index is 11.7. The molecule has 6 nitrogen and oxygen atoms in total. The van der Waals surface area contributed by atoms with Gasteiger partial charge in [-0.05, 0) is 0 Å². The van der Waals surface area contributed by atoms with Crippen LogP contribution in [0.3, 0.4) is 0 Å². The van der Waals surface area contributed by atoms with Crippen molar-refractivity contribution in [2.45, 2.75) is 12.6 Å². The quantitative estimate of drug-likeness (QED) is 0.842. The first-order chi connectivity index (χ1) is 8.70. The molecule has 1 saturated heterocycles. The molecule has 0 spiro atoms. The number of nitrogens with one attached hydrogen (secondary N) is 1. The summed E-state index contributed by atoms with van der Waals surface area (Å²) in [6.07, 6.45) is 3.13. The largest absolute Gasteiger partial charge is 0.378 e. The average Bonchev–Trinajstić information content (AvgIpc) is 2.41. The highest BCUT2D eigenvalue weighted by molar-refractivity contribution is 6.29. The SMILES string of the molecule is CNC(=O)C1COCCN1Cc1cnc(Cl)cn1. The van der Waals surface area contributed by atoms with Gasteiger partial charge in [0.15, 0.2) is 0 Å². The van der Waals surface area contributed by atoms with E-state index >= 15 is 0 Å². The summed E-state index contributed by atoms with van der Waals surface area (Å²) >= 11 is 5.68. The van der Waals surface area contributed by atoms with Crippen molar-refractivity contribution >= 4 is 17.5 Å². The van der Waals surface area contributed by atoms with Gasteiger partial charge in [-0.3, -0.25) is 14.7 Å². The molecular weight excluding hydrogens is 256 g/mol. The molecule has 2 heterocycles. The van der Waals surface area contributed by atoms with Gasteiger partial charge in [0.05, 0.1) is 31.3 Å². The average molecular weight is 271 g/mol. The number of aromatic nitrogens is 2. The van der Waals surface area contributed by atoms with E-state index in [4.69, 9.17) is 16.3 Å². The predicted molar refractivity (Wildman–Crippen MR) is 66.1 cm³/mol. The smallest absolute Gasteiger partial charge is 0.239 e. The lowest BCUT2D eigenvalue weighted by atomic mass is 10.2. The number of morpholine rings is 1. The number of amides is 1. The van der Waals surface area contributed by atoms with Crippen molar-refractivity contribution in [3.63, 3.8) is 0 Å². The monoisotopic (exact) mass is 270 g/mol. The van der Waals surface area contributed by atoms with Crippen molar-refractivity contribution in [2.75, 3.05) is 26.8 Å². The van der Waals surface area contributed by atoms with Gasteiger partial charge in [0, 0.05) is 20.1 Å². The molecular formula is C11H15ClN4O2. The van der Waals surface area contributed by atoms with Gasteiger partial charge >= 0.3 is 0 Å². The molecule has 1 aromatic rings. The van der Waals surface area contributed by atoms with E-state index in [0.717, 1.165) is 5.69 Å². The fourth-order valence-corrected chi connectivity index (χ4v) is 1.96. The van der Waals surface area contributed by atoms with Crippen LogP contribution in [0.1, 0.15) is 5.69 Å². The Morgan fingerprint density at radius 2 is 2.44 bits per heavy atom. The number of likely N-dealkylation sites (N-methyl/N-ethyl adjacent to an activating group) is 1. The van der Waals surface area contributed by atoms with Crippen LogP contribution in [0.25, 0.3) is 0 Å². The molecule has 1 aliphatic rings. The first-order valence-electron chi connectivity index (χ1n) is 5.70. The molecule has 0 radical (unpaired) electrons. The molecule has 0 bridgehead atoms. The van der Waals surface area contributed by atoms with Gasteiger partial charge in [0.25, 0.3) is 0 Å². The van der Waals surface area contributed by atoms with Crippen LogP contribution in [0.5, 0.6) is 0 Å². The van der Waals surface area contributed by atoms with Gasteiger partial charge in [0.2, 0.25) is 5.91 Å². The van der Waals surface area contributed by atoms with Crippen molar-refractivity contribution in [3.05, 3.63) is 23.2 Å². The van der Waals surface area contributed by atoms with E-state index in [2.05, 4.69) is 15.3 Å². The number of carbonyl (C=O) groups is 1. The van der Waals surface area contributed by atoms with E-state index < -0.39 is 0 Å². The minimum atomic E-state index is -0.277. The van der Waals surface area contributed by atoms with E-state index in [1.54, 1.807) is 13.2 Å². The van der Waals surface area contributed by atoms with Gasteiger partial charge in [0.1, 0.15) is 11.2 Å². The van der Waals surface area contributed by atoms with E-state index in [1.165, 1.54) is 6.20 Å². The molecule has 1 amide bonds. The summed E-state index contributed by atoms with van der Waals surface area (Å²) in [7, 11) is 1.62. The molecule has 98 valence electrons. The summed E-state index contributed by atoms with van der Waals surface area (Å²) in [5.41, 5.74) is 0.787. The predicted octanol–water partition coefficient (Wildman–Crippen LogP) is 0.0768. The first kappa shape index (κ1) is 13.2. The standard InChI is InChI=1S/C11H15ClN4O2/c1-13-11(17)9-7-18-3-2-16(9)6-8-4-15-10(12)5-14-8/h4-5,9H,2-3,6-7H2,1H3,(H,13,17). The first-order valence-corrected chi connectivity index (χ1v) is 6.08. The van der Waals surface area contributed by atoms with Crippen LogP contribution in [0.15, 0.2) is 12.4 Å². The second-order valence-electron chi connectivity index (χ2n) is 4.01. The summed E-state index contributed by atoms with van der Waals surface area (Å²) in [4.78, 5) is 21.9. The van der Waals surface area contributed by atoms with Gasteiger partial charge in [-0.25, -0.2) is 4.98 Å². The third-order valence-electron chi connectivity index (χ3n) is 2.83. The highest BCUT2D eigenvalue weighted by Crippen LogP contribution is 2.11. The number of hydrogen-bond donors (Lipinski definition) is 1. The normalized spacial score (nSPS) is 20.7. The van der Waals surface area contributed by atoms with E-state index in [9.17, 15) is 4.79 Å². The van der Waals surface area contributed by atoms with Crippen LogP contribution in [-0.4, -0.2) is 53.6 Å². The number of ether oxygens (including phenoxy) is 1. The third kappa shape index (κ3) is 3.16. The molecule has 1 aliphatic heterocycles. The zero-order valence-corrected chi connectivity index (χ0v) is 10.9. The Hall–Kier alpha value is -1.24. The molecule has 1 N–H and O–H groups in total. The molecule has 18 heavy (non-hydrogen) atoms. The number of hydrogen-bond acceptors (Lipinski definition) is 5. The fourth-order valence-electron chi connectivity index (χ4n) is 1.86. The minimum absolute atomic E-state index is 0.0448. The topological polar surface area (TPSA) is 67.3 Å². The summed E-state index contributed by atoms with van der Waals surface area (Å²) in [6.45, 7) is 2.28. The molecule has 0 aliphatic carbocycles. The van der Waals surface area contributed by atoms with Crippen molar-refractivity contribution in [3.8, 4) is 0 Å². The van der Waals surface area contributed by atoms with E-state index in [-0.39, 0.29) is 11.9 Å². The van der Waals surface area contributed by atoms with Crippen LogP contribution < -0.4 is 5.32 Å². The zero-order valence-electron chi connectivity index (χ0n) is 10.1. The van der Waals surface area contributed by atoms with Crippen LogP contribution >= 0.6 is 11.6 Å². The Balaban J connectivity index is 2.05. The Kier molecular flexibility index (Phi) is 4.46. The summed E-state index contributed by atoms with van der Waals surface area (Å²) < 4.78 is 5.33. The van der Waals surface area contributed by atoms with Crippen molar-refractivity contribution in [1.29, 1.82) is 0 Å². The van der Waals surface area contributed by atoms with Gasteiger partial charge < -0.3 is 10.1 Å². The summed E-state index contributed by atoms with van der Waals surface area (Å²) in [5.74, 6) is -0.0448. The lowest BCUT2D eigenvalue weighted by molar-refractivity contribution is -0.132. The van der Waals surface area contributed by atoms with E-state index in [0.29, 0.717) is 31.5 Å². The molecule has 0 saturated carbocycles. The van der Waals surface area contributed by atoms with Crippen molar-refractivity contribution in [2.24, 2.45) is 0 Å². The number of halogens is 1. The fraction of sp³-hybridized carbons (Fsp3) is 0.545. The van der Waals surface area contributed by atoms with Gasteiger partial charge in [-0.15, -0.1) is 0 Å². The van der Waals surface area contributed by atoms with Gasteiger partial charge in [-0.1, -0.05) is 11.6 Å². The Morgan fingerprint density at radius 3 is 3.11 bits per heavy atom. The second kappa shape index (κ2) is 6.08. The van der Waals surface area contributed by atoms with Gasteiger partial charge in [-0.2, -0.15) is 0 Å². The highest BCUT2D eigenvalue weighted by Gasteiger charge is 2.28. The lowest BCUT2D eigenvalue weighted by Crippen LogP contribution is -2.52. The lowest BCUT2D eigenvalue weighted by Gasteiger charge is -2.33. The Bertz CT molecular complexity index is 412. The minimum Gasteiger partial charge on any atom is -0.378 e. The number of rotatable bonds is 3. The Labute approximate surface area is 110 Å². The maximum absolute atomic E-state index is 11.7. The second-order valence-corrected chi connectivity index (χ2v) is 4.39. The number of nitrogens with zero attached hydrogens (tertiary/aromatic N) is 3. The molecule has 0 aromatic carbocycles. The molecule has 1 aromatic heterocycles. The van der Waals surface area contributed by atoms with Crippen molar-refractivity contribution in [1.82, 2.24) is 20.2 Å². The van der Waals surface area contributed by atoms with Crippen LogP contribution in [0.4, 0.5) is 0 Å². The highest BCUT2D eigenvalue weighted by atomic mass is 35.5.